The Balaban J connectivity index is 3.07. The van der Waals surface area contributed by atoms with Crippen LogP contribution in [0.5, 0.6) is 0 Å². The second-order valence-electron chi connectivity index (χ2n) is 3.80. The summed E-state index contributed by atoms with van der Waals surface area (Å²) in [6, 6.07) is 6.19. The van der Waals surface area contributed by atoms with Crippen molar-refractivity contribution in [2.45, 2.75) is 33.1 Å². The average Bonchev–Trinajstić information content (AvgIpc) is 2.26. The van der Waals surface area contributed by atoms with Gasteiger partial charge in [-0.05, 0) is 31.4 Å². The molecule has 1 aromatic rings. The smallest absolute Gasteiger partial charge is 0.312 e. The molecule has 0 aliphatic carbocycles. The molecule has 0 aliphatic rings. The van der Waals surface area contributed by atoms with Crippen molar-refractivity contribution in [2.24, 2.45) is 0 Å². The van der Waals surface area contributed by atoms with E-state index in [1.165, 1.54) is 18.2 Å². The van der Waals surface area contributed by atoms with Gasteiger partial charge in [0.05, 0.1) is 13.0 Å². The Bertz CT molecular complexity index is 356. The highest BCUT2D eigenvalue weighted by atomic mass is 16.5. The highest BCUT2D eigenvalue weighted by molar-refractivity contribution is 5.78. The van der Waals surface area contributed by atoms with E-state index in [2.05, 4.69) is 19.9 Å². The molecule has 0 saturated heterocycles. The minimum atomic E-state index is -0.175. The second-order valence-corrected chi connectivity index (χ2v) is 3.80. The number of rotatable bonds is 3. The Morgan fingerprint density at radius 1 is 1.47 bits per heavy atom. The number of carbonyl (C=O) groups is 1. The SMILES string of the molecule is CCc1cc(C)ccc1C(C)C(=O)OC. The molecule has 2 heteroatoms. The van der Waals surface area contributed by atoms with Gasteiger partial charge in [0.1, 0.15) is 0 Å². The molecular weight excluding hydrogens is 188 g/mol. The molecule has 0 spiro atoms. The van der Waals surface area contributed by atoms with E-state index in [4.69, 9.17) is 4.74 Å². The maximum absolute atomic E-state index is 11.4. The monoisotopic (exact) mass is 206 g/mol. The molecule has 0 bridgehead atoms. The van der Waals surface area contributed by atoms with Gasteiger partial charge in [-0.15, -0.1) is 0 Å². The first kappa shape index (κ1) is 11.8. The van der Waals surface area contributed by atoms with Gasteiger partial charge in [-0.3, -0.25) is 4.79 Å². The second kappa shape index (κ2) is 4.96. The van der Waals surface area contributed by atoms with Crippen LogP contribution >= 0.6 is 0 Å². The summed E-state index contributed by atoms with van der Waals surface area (Å²) in [5.74, 6) is -0.348. The van der Waals surface area contributed by atoms with Gasteiger partial charge < -0.3 is 4.74 Å². The average molecular weight is 206 g/mol. The fourth-order valence-corrected chi connectivity index (χ4v) is 1.77. The molecule has 0 radical (unpaired) electrons. The van der Waals surface area contributed by atoms with Crippen molar-refractivity contribution in [2.75, 3.05) is 7.11 Å². The van der Waals surface area contributed by atoms with Crippen LogP contribution in [0.15, 0.2) is 18.2 Å². The highest BCUT2D eigenvalue weighted by Crippen LogP contribution is 2.22. The van der Waals surface area contributed by atoms with E-state index < -0.39 is 0 Å². The lowest BCUT2D eigenvalue weighted by Crippen LogP contribution is -2.12. The molecule has 0 saturated carbocycles. The summed E-state index contributed by atoms with van der Waals surface area (Å²) >= 11 is 0. The molecular formula is C13H18O2. The first-order valence-electron chi connectivity index (χ1n) is 5.27. The van der Waals surface area contributed by atoms with Gasteiger partial charge in [0.2, 0.25) is 0 Å². The number of hydrogen-bond acceptors (Lipinski definition) is 2. The lowest BCUT2D eigenvalue weighted by atomic mass is 9.93. The van der Waals surface area contributed by atoms with Crippen molar-refractivity contribution >= 4 is 5.97 Å². The van der Waals surface area contributed by atoms with Gasteiger partial charge in [-0.25, -0.2) is 0 Å². The van der Waals surface area contributed by atoms with Gasteiger partial charge in [0.15, 0.2) is 0 Å². The molecule has 1 unspecified atom stereocenters. The Morgan fingerprint density at radius 2 is 2.13 bits per heavy atom. The Labute approximate surface area is 91.3 Å². The van der Waals surface area contributed by atoms with Gasteiger partial charge in [0, 0.05) is 0 Å². The van der Waals surface area contributed by atoms with Crippen LogP contribution in [0.3, 0.4) is 0 Å². The zero-order valence-corrected chi connectivity index (χ0v) is 9.83. The van der Waals surface area contributed by atoms with Crippen molar-refractivity contribution in [3.05, 3.63) is 34.9 Å². The molecule has 1 aromatic carbocycles. The first-order valence-corrected chi connectivity index (χ1v) is 5.27. The van der Waals surface area contributed by atoms with Crippen molar-refractivity contribution in [3.8, 4) is 0 Å². The number of esters is 1. The zero-order valence-electron chi connectivity index (χ0n) is 9.83. The Hall–Kier alpha value is -1.31. The van der Waals surface area contributed by atoms with Crippen LogP contribution in [-0.2, 0) is 16.0 Å². The normalized spacial score (nSPS) is 12.3. The van der Waals surface area contributed by atoms with Gasteiger partial charge in [-0.2, -0.15) is 0 Å². The van der Waals surface area contributed by atoms with E-state index in [0.29, 0.717) is 0 Å². The standard InChI is InChI=1S/C13H18O2/c1-5-11-8-9(2)6-7-12(11)10(3)13(14)15-4/h6-8,10H,5H2,1-4H3. The van der Waals surface area contributed by atoms with Crippen molar-refractivity contribution in [3.63, 3.8) is 0 Å². The number of hydrogen-bond donors (Lipinski definition) is 0. The Morgan fingerprint density at radius 3 is 2.67 bits per heavy atom. The number of carbonyl (C=O) groups excluding carboxylic acids is 1. The maximum atomic E-state index is 11.4. The highest BCUT2D eigenvalue weighted by Gasteiger charge is 2.17. The maximum Gasteiger partial charge on any atom is 0.312 e. The quantitative estimate of drug-likeness (QED) is 0.711. The van der Waals surface area contributed by atoms with Crippen molar-refractivity contribution < 1.29 is 9.53 Å². The van der Waals surface area contributed by atoms with Crippen LogP contribution in [-0.4, -0.2) is 13.1 Å². The molecule has 0 fully saturated rings. The molecule has 0 N–H and O–H groups in total. The van der Waals surface area contributed by atoms with Gasteiger partial charge in [0.25, 0.3) is 0 Å². The number of benzene rings is 1. The van der Waals surface area contributed by atoms with E-state index in [0.717, 1.165) is 12.0 Å². The van der Waals surface area contributed by atoms with Gasteiger partial charge >= 0.3 is 5.97 Å². The third-order valence-corrected chi connectivity index (χ3v) is 2.70. The van der Waals surface area contributed by atoms with E-state index >= 15 is 0 Å². The van der Waals surface area contributed by atoms with Crippen LogP contribution in [0.2, 0.25) is 0 Å². The number of aryl methyl sites for hydroxylation is 2. The summed E-state index contributed by atoms with van der Waals surface area (Å²) in [5, 5.41) is 0. The van der Waals surface area contributed by atoms with Crippen LogP contribution in [0, 0.1) is 6.92 Å². The van der Waals surface area contributed by atoms with Crippen LogP contribution in [0.25, 0.3) is 0 Å². The largest absolute Gasteiger partial charge is 0.469 e. The van der Waals surface area contributed by atoms with Crippen LogP contribution in [0.4, 0.5) is 0 Å². The summed E-state index contributed by atoms with van der Waals surface area (Å²) < 4.78 is 4.76. The summed E-state index contributed by atoms with van der Waals surface area (Å²) in [5.41, 5.74) is 3.54. The van der Waals surface area contributed by atoms with Crippen molar-refractivity contribution in [1.82, 2.24) is 0 Å². The minimum absolute atomic E-state index is 0.173. The van der Waals surface area contributed by atoms with E-state index in [9.17, 15) is 4.79 Å². The molecule has 0 heterocycles. The summed E-state index contributed by atoms with van der Waals surface area (Å²) in [6.45, 7) is 6.05. The van der Waals surface area contributed by atoms with E-state index in [1.54, 1.807) is 0 Å². The summed E-state index contributed by atoms with van der Waals surface area (Å²) in [4.78, 5) is 11.4. The molecule has 0 aliphatic heterocycles. The minimum Gasteiger partial charge on any atom is -0.469 e. The number of methoxy groups -OCH3 is 1. The van der Waals surface area contributed by atoms with E-state index in [1.807, 2.05) is 19.1 Å². The number of ether oxygens (including phenoxy) is 1. The summed E-state index contributed by atoms with van der Waals surface area (Å²) in [6.07, 6.45) is 0.943. The molecule has 1 rings (SSSR count). The predicted molar refractivity (Wildman–Crippen MR) is 61.0 cm³/mol. The molecule has 0 amide bonds. The summed E-state index contributed by atoms with van der Waals surface area (Å²) in [7, 11) is 1.43. The zero-order chi connectivity index (χ0) is 11.4. The van der Waals surface area contributed by atoms with Gasteiger partial charge in [-0.1, -0.05) is 30.7 Å². The topological polar surface area (TPSA) is 26.3 Å². The third-order valence-electron chi connectivity index (χ3n) is 2.70. The predicted octanol–water partition coefficient (Wildman–Crippen LogP) is 2.83. The fourth-order valence-electron chi connectivity index (χ4n) is 1.77. The first-order chi connectivity index (χ1) is 7.10. The molecule has 2 nitrogen and oxygen atoms in total. The van der Waals surface area contributed by atoms with Crippen LogP contribution in [0.1, 0.15) is 36.5 Å². The Kier molecular flexibility index (Phi) is 3.89. The van der Waals surface area contributed by atoms with Crippen molar-refractivity contribution in [1.29, 1.82) is 0 Å². The molecule has 15 heavy (non-hydrogen) atoms. The third kappa shape index (κ3) is 2.58. The lowest BCUT2D eigenvalue weighted by molar-refractivity contribution is -0.142. The molecule has 82 valence electrons. The molecule has 0 aromatic heterocycles. The lowest BCUT2D eigenvalue weighted by Gasteiger charge is -2.14. The fraction of sp³-hybridized carbons (Fsp3) is 0.462. The van der Waals surface area contributed by atoms with Crippen LogP contribution < -0.4 is 0 Å². The molecule has 1 atom stereocenters. The van der Waals surface area contributed by atoms with E-state index in [-0.39, 0.29) is 11.9 Å².